The topological polar surface area (TPSA) is 156 Å². The average Bonchev–Trinajstić information content (AvgIpc) is 3.29. The molecule has 12 nitrogen and oxygen atoms in total. The molecule has 0 bridgehead atoms. The van der Waals surface area contributed by atoms with Crippen molar-refractivity contribution < 1.29 is 41.1 Å². The molecule has 0 heterocycles. The lowest BCUT2D eigenvalue weighted by molar-refractivity contribution is -0.125. The fourth-order valence-corrected chi connectivity index (χ4v) is 6.62. The van der Waals surface area contributed by atoms with E-state index in [0.29, 0.717) is 57.2 Å². The molecule has 1 aliphatic rings. The van der Waals surface area contributed by atoms with Crippen molar-refractivity contribution in [3.05, 3.63) is 81.5 Å². The molecule has 0 fully saturated rings. The van der Waals surface area contributed by atoms with Crippen LogP contribution in [0.1, 0.15) is 36.1 Å². The minimum atomic E-state index is -4.01. The Labute approximate surface area is 278 Å². The first-order chi connectivity index (χ1) is 22.4. The van der Waals surface area contributed by atoms with E-state index in [2.05, 4.69) is 10.6 Å². The molecule has 0 spiro atoms. The Morgan fingerprint density at radius 1 is 1.00 bits per heavy atom. The van der Waals surface area contributed by atoms with Gasteiger partial charge in [-0.25, -0.2) is 4.79 Å². The molecule has 0 aromatic heterocycles. The third-order valence-electron chi connectivity index (χ3n) is 7.60. The van der Waals surface area contributed by atoms with Crippen LogP contribution in [0.2, 0.25) is 0 Å². The normalized spacial score (nSPS) is 15.1. The summed E-state index contributed by atoms with van der Waals surface area (Å²) in [6, 6.07) is 13.5. The molecule has 14 heteroatoms. The number of alkyl carbamates (subject to hydrolysis) is 1. The SMILES string of the molecule is COc1cc2c(c(OC)c1OC)-c1ccc(SC)c(=O)cc1[C@@H](NC(=O)[C@@H](NC(=O)OCc1ccccc1)[C@@H](C)OS(C)(=O)=O)CC2. The highest BCUT2D eigenvalue weighted by atomic mass is 32.2. The minimum absolute atomic E-state index is 0.0775. The van der Waals surface area contributed by atoms with Gasteiger partial charge in [0.15, 0.2) is 16.9 Å². The summed E-state index contributed by atoms with van der Waals surface area (Å²) in [6.45, 7) is 1.27. The number of fused-ring (bicyclic) bond motifs is 3. The Balaban J connectivity index is 1.75. The maximum Gasteiger partial charge on any atom is 0.408 e. The number of hydrogen-bond donors (Lipinski definition) is 2. The molecule has 47 heavy (non-hydrogen) atoms. The summed E-state index contributed by atoms with van der Waals surface area (Å²) in [6.07, 6.45) is 1.13. The van der Waals surface area contributed by atoms with Crippen LogP contribution in [-0.4, -0.2) is 66.4 Å². The van der Waals surface area contributed by atoms with Gasteiger partial charge in [-0.05, 0) is 66.5 Å². The van der Waals surface area contributed by atoms with Crippen LogP contribution in [0.4, 0.5) is 4.79 Å². The number of thioether (sulfide) groups is 1. The van der Waals surface area contributed by atoms with Crippen LogP contribution in [0.3, 0.4) is 0 Å². The molecule has 3 aromatic rings. The van der Waals surface area contributed by atoms with Gasteiger partial charge in [0.2, 0.25) is 11.7 Å². The number of aryl methyl sites for hydroxylation is 1. The Hall–Kier alpha value is -4.27. The second-order valence-corrected chi connectivity index (χ2v) is 13.2. The van der Waals surface area contributed by atoms with Crippen LogP contribution in [0.15, 0.2) is 64.3 Å². The molecular weight excluding hydrogens is 649 g/mol. The fraction of sp³-hybridized carbons (Fsp3) is 0.364. The van der Waals surface area contributed by atoms with E-state index in [0.717, 1.165) is 11.8 Å². The van der Waals surface area contributed by atoms with Crippen LogP contribution >= 0.6 is 11.8 Å². The highest BCUT2D eigenvalue weighted by molar-refractivity contribution is 7.98. The van der Waals surface area contributed by atoms with Crippen molar-refractivity contribution in [1.82, 2.24) is 10.6 Å². The predicted molar refractivity (Wildman–Crippen MR) is 178 cm³/mol. The molecule has 0 radical (unpaired) electrons. The monoisotopic (exact) mass is 686 g/mol. The minimum Gasteiger partial charge on any atom is -0.493 e. The van der Waals surface area contributed by atoms with Gasteiger partial charge in [0, 0.05) is 5.56 Å². The summed E-state index contributed by atoms with van der Waals surface area (Å²) in [5.41, 5.74) is 3.07. The molecule has 0 saturated heterocycles. The van der Waals surface area contributed by atoms with E-state index in [-0.39, 0.29) is 12.0 Å². The van der Waals surface area contributed by atoms with Crippen molar-refractivity contribution in [2.45, 2.75) is 49.5 Å². The maximum absolute atomic E-state index is 14.0. The Morgan fingerprint density at radius 2 is 1.70 bits per heavy atom. The molecule has 0 unspecified atom stereocenters. The molecule has 3 atom stereocenters. The van der Waals surface area contributed by atoms with Crippen LogP contribution in [0.5, 0.6) is 17.2 Å². The number of ether oxygens (including phenoxy) is 4. The number of rotatable bonds is 12. The van der Waals surface area contributed by atoms with Gasteiger partial charge in [-0.2, -0.15) is 8.42 Å². The summed E-state index contributed by atoms with van der Waals surface area (Å²) in [7, 11) is 0.509. The number of nitrogens with one attached hydrogen (secondary N) is 2. The van der Waals surface area contributed by atoms with E-state index in [4.69, 9.17) is 23.1 Å². The third kappa shape index (κ3) is 8.56. The standard InChI is InChI=1S/C33H38N2O10S2/c1-19(45-47(6,39)40)29(35-33(38)44-18-20-10-8-7-9-11-20)32(37)34-24-14-12-21-16-26(41-2)30(42-3)31(43-4)28(21)22-13-15-27(46-5)25(36)17-23(22)24/h7-11,13,15-17,19,24,29H,12,14,18H2,1-6H3,(H,34,37)(H,35,38)/t19-,24+,29+/m1/s1. The van der Waals surface area contributed by atoms with Gasteiger partial charge >= 0.3 is 6.09 Å². The summed E-state index contributed by atoms with van der Waals surface area (Å²) in [5.74, 6) is 0.471. The van der Waals surface area contributed by atoms with Crippen molar-refractivity contribution in [2.75, 3.05) is 33.8 Å². The van der Waals surface area contributed by atoms with Crippen LogP contribution in [-0.2, 0) is 36.9 Å². The lowest BCUT2D eigenvalue weighted by atomic mass is 9.95. The number of carbonyl (C=O) groups excluding carboxylic acids is 2. The second-order valence-electron chi connectivity index (χ2n) is 10.7. The van der Waals surface area contributed by atoms with Gasteiger partial charge in [0.25, 0.3) is 10.1 Å². The highest BCUT2D eigenvalue weighted by Gasteiger charge is 2.35. The Kier molecular flexibility index (Phi) is 11.8. The molecule has 3 aromatic carbocycles. The number of carbonyl (C=O) groups is 2. The van der Waals surface area contributed by atoms with Gasteiger partial charge in [-0.1, -0.05) is 36.4 Å². The van der Waals surface area contributed by atoms with Crippen molar-refractivity contribution in [1.29, 1.82) is 0 Å². The number of benzene rings is 2. The molecular formula is C33H38N2O10S2. The third-order valence-corrected chi connectivity index (χ3v) is 9.03. The Bertz CT molecular complexity index is 1780. The van der Waals surface area contributed by atoms with Gasteiger partial charge in [-0.3, -0.25) is 13.8 Å². The van der Waals surface area contributed by atoms with Gasteiger partial charge in [0.05, 0.1) is 38.5 Å². The lowest BCUT2D eigenvalue weighted by Gasteiger charge is -2.26. The van der Waals surface area contributed by atoms with Gasteiger partial charge in [0.1, 0.15) is 18.8 Å². The summed E-state index contributed by atoms with van der Waals surface area (Å²) in [5, 5.41) is 5.40. The second kappa shape index (κ2) is 15.5. The zero-order valence-corrected chi connectivity index (χ0v) is 28.6. The van der Waals surface area contributed by atoms with Crippen LogP contribution in [0.25, 0.3) is 11.1 Å². The summed E-state index contributed by atoms with van der Waals surface area (Å²) < 4.78 is 51.5. The van der Waals surface area contributed by atoms with Crippen molar-refractivity contribution >= 4 is 33.9 Å². The molecule has 0 saturated carbocycles. The van der Waals surface area contributed by atoms with Crippen molar-refractivity contribution in [3.8, 4) is 28.4 Å². The summed E-state index contributed by atoms with van der Waals surface area (Å²) >= 11 is 1.29. The zero-order valence-electron chi connectivity index (χ0n) is 26.9. The van der Waals surface area contributed by atoms with Gasteiger partial charge in [-0.15, -0.1) is 11.8 Å². The molecule has 0 aliphatic heterocycles. The van der Waals surface area contributed by atoms with E-state index in [1.54, 1.807) is 42.7 Å². The average molecular weight is 687 g/mol. The number of methoxy groups -OCH3 is 3. The van der Waals surface area contributed by atoms with E-state index >= 15 is 0 Å². The quantitative estimate of drug-likeness (QED) is 0.208. The first-order valence-corrected chi connectivity index (χ1v) is 17.6. The molecule has 2 amide bonds. The molecule has 4 rings (SSSR count). The number of amides is 2. The lowest BCUT2D eigenvalue weighted by Crippen LogP contribution is -2.54. The molecule has 1 aliphatic carbocycles. The molecule has 2 N–H and O–H groups in total. The number of hydrogen-bond acceptors (Lipinski definition) is 11. The molecule has 252 valence electrons. The fourth-order valence-electron chi connectivity index (χ4n) is 5.50. The predicted octanol–water partition coefficient (Wildman–Crippen LogP) is 4.22. The van der Waals surface area contributed by atoms with E-state index in [1.165, 1.54) is 46.1 Å². The van der Waals surface area contributed by atoms with Crippen LogP contribution in [0, 0.1) is 0 Å². The Morgan fingerprint density at radius 3 is 2.32 bits per heavy atom. The first-order valence-electron chi connectivity index (χ1n) is 14.6. The highest BCUT2D eigenvalue weighted by Crippen LogP contribution is 2.50. The van der Waals surface area contributed by atoms with Crippen molar-refractivity contribution in [3.63, 3.8) is 0 Å². The zero-order chi connectivity index (χ0) is 34.3. The smallest absolute Gasteiger partial charge is 0.408 e. The van der Waals surface area contributed by atoms with Crippen molar-refractivity contribution in [2.24, 2.45) is 0 Å². The first kappa shape index (κ1) is 35.6. The largest absolute Gasteiger partial charge is 0.493 e. The van der Waals surface area contributed by atoms with E-state index in [9.17, 15) is 22.8 Å². The van der Waals surface area contributed by atoms with E-state index < -0.39 is 40.3 Å². The van der Waals surface area contributed by atoms with Crippen LogP contribution < -0.4 is 30.3 Å². The maximum atomic E-state index is 14.0. The van der Waals surface area contributed by atoms with E-state index in [1.807, 2.05) is 12.1 Å². The summed E-state index contributed by atoms with van der Waals surface area (Å²) in [4.78, 5) is 40.6. The van der Waals surface area contributed by atoms with Gasteiger partial charge < -0.3 is 29.6 Å².